The minimum atomic E-state index is -1.26. The molecule has 2 saturated carbocycles. The molecule has 1 aromatic heterocycles. The number of carbonyl (C=O) groups is 2. The van der Waals surface area contributed by atoms with Crippen LogP contribution in [0, 0.1) is 23.2 Å². The van der Waals surface area contributed by atoms with Gasteiger partial charge in [-0.1, -0.05) is 0 Å². The minimum absolute atomic E-state index is 0.0638. The second kappa shape index (κ2) is 11.6. The molecular formula is C31H40FN7O3. The number of ketones is 1. The fourth-order valence-electron chi connectivity index (χ4n) is 8.54. The van der Waals surface area contributed by atoms with Crippen LogP contribution in [0.25, 0.3) is 0 Å². The Morgan fingerprint density at radius 2 is 2.00 bits per heavy atom. The van der Waals surface area contributed by atoms with Crippen molar-refractivity contribution in [3.63, 3.8) is 0 Å². The topological polar surface area (TPSA) is 115 Å². The van der Waals surface area contributed by atoms with E-state index in [0.717, 1.165) is 44.7 Å². The van der Waals surface area contributed by atoms with E-state index in [4.69, 9.17) is 4.74 Å². The predicted octanol–water partition coefficient (Wildman–Crippen LogP) is 1.80. The molecule has 0 bridgehead atoms. The third kappa shape index (κ3) is 5.01. The predicted molar refractivity (Wildman–Crippen MR) is 151 cm³/mol. The van der Waals surface area contributed by atoms with Crippen molar-refractivity contribution < 1.29 is 18.7 Å². The van der Waals surface area contributed by atoms with E-state index >= 15 is 4.39 Å². The molecule has 2 aliphatic carbocycles. The molecule has 3 saturated heterocycles. The molecule has 11 heteroatoms. The molecule has 4 aliphatic heterocycles. The van der Waals surface area contributed by atoms with E-state index in [0.29, 0.717) is 25.9 Å². The van der Waals surface area contributed by atoms with Crippen LogP contribution in [0.5, 0.6) is 0 Å². The molecule has 5 heterocycles. The average Bonchev–Trinajstić information content (AvgIpc) is 3.71. The van der Waals surface area contributed by atoms with E-state index < -0.39 is 24.2 Å². The molecule has 7 rings (SSSR count). The van der Waals surface area contributed by atoms with Gasteiger partial charge in [-0.05, 0) is 64.6 Å². The Morgan fingerprint density at radius 3 is 2.79 bits per heavy atom. The van der Waals surface area contributed by atoms with Crippen LogP contribution in [0.2, 0.25) is 0 Å². The van der Waals surface area contributed by atoms with Gasteiger partial charge in [0.1, 0.15) is 6.17 Å². The van der Waals surface area contributed by atoms with Crippen molar-refractivity contribution in [1.29, 1.82) is 5.26 Å². The minimum Gasteiger partial charge on any atom is -0.369 e. The number of amides is 1. The summed E-state index contributed by atoms with van der Waals surface area (Å²) < 4.78 is 23.1. The quantitative estimate of drug-likeness (QED) is 0.506. The lowest BCUT2D eigenvalue weighted by molar-refractivity contribution is -0.211. The first-order chi connectivity index (χ1) is 20.5. The number of alkyl halides is 1. The first kappa shape index (κ1) is 27.9. The maximum absolute atomic E-state index is 16.3. The zero-order chi connectivity index (χ0) is 28.8. The van der Waals surface area contributed by atoms with Gasteiger partial charge in [0.25, 0.3) is 5.91 Å². The van der Waals surface area contributed by atoms with Crippen molar-refractivity contribution in [3.8, 4) is 6.07 Å². The summed E-state index contributed by atoms with van der Waals surface area (Å²) in [6.07, 6.45) is 10.3. The second-order valence-corrected chi connectivity index (χ2v) is 13.0. The number of ether oxygens (including phenoxy) is 1. The Kier molecular flexibility index (Phi) is 7.71. The normalized spacial score (nSPS) is 38.4. The van der Waals surface area contributed by atoms with Gasteiger partial charge in [-0.2, -0.15) is 5.26 Å². The highest BCUT2D eigenvalue weighted by atomic mass is 19.1. The van der Waals surface area contributed by atoms with Gasteiger partial charge in [-0.15, -0.1) is 0 Å². The Hall–Kier alpha value is -2.94. The van der Waals surface area contributed by atoms with Crippen LogP contribution in [0.15, 0.2) is 30.4 Å². The van der Waals surface area contributed by atoms with Crippen LogP contribution in [0.4, 0.5) is 4.39 Å². The molecule has 9 unspecified atom stereocenters. The number of fused-ring (bicyclic) bond motifs is 2. The van der Waals surface area contributed by atoms with Gasteiger partial charge >= 0.3 is 0 Å². The number of hydrogen-bond donors (Lipinski definition) is 1. The first-order valence-corrected chi connectivity index (χ1v) is 15.7. The van der Waals surface area contributed by atoms with Crippen LogP contribution in [0.1, 0.15) is 56.6 Å². The summed E-state index contributed by atoms with van der Waals surface area (Å²) in [7, 11) is 0. The van der Waals surface area contributed by atoms with Crippen molar-refractivity contribution >= 4 is 11.7 Å². The standard InChI is InChI=1S/C31H40FN7O3/c32-23-14-21-27-30(28(23)38-11-5-20(17-38)24-16-34-6-7-35-24)42-26-4-3-19(15-33)13-25(26)39(27)18-22(29(21)40)31(41)36-8-12-37-9-1-2-10-37/h6-7,16,18-21,23,25-28,30H,1-5,8-14,17H2,(H,36,41). The molecule has 42 heavy (non-hydrogen) atoms. The fraction of sp³-hybridized carbons (Fsp3) is 0.710. The van der Waals surface area contributed by atoms with Gasteiger partial charge in [0.05, 0.1) is 47.7 Å². The number of aromatic nitrogens is 2. The number of carbonyl (C=O) groups excluding carboxylic acids is 2. The van der Waals surface area contributed by atoms with Gasteiger partial charge in [0, 0.05) is 62.2 Å². The SMILES string of the molecule is N#CC1CCC2OC3C(N4CCC(c5cnccn5)C4)C(F)CC4C(=O)C(C(=O)NCCN5CCCC5)=CN(C2C1)C43. The number of hydrogen-bond acceptors (Lipinski definition) is 9. The number of likely N-dealkylation sites (tertiary alicyclic amines) is 2. The van der Waals surface area contributed by atoms with Crippen molar-refractivity contribution in [2.45, 2.75) is 87.4 Å². The maximum atomic E-state index is 16.3. The highest BCUT2D eigenvalue weighted by Crippen LogP contribution is 2.48. The zero-order valence-electron chi connectivity index (χ0n) is 24.0. The average molecular weight is 578 g/mol. The summed E-state index contributed by atoms with van der Waals surface area (Å²) >= 11 is 0. The molecule has 1 aromatic rings. The van der Waals surface area contributed by atoms with Crippen LogP contribution in [-0.2, 0) is 14.3 Å². The van der Waals surface area contributed by atoms with E-state index in [-0.39, 0.29) is 53.7 Å². The zero-order valence-corrected chi connectivity index (χ0v) is 24.0. The van der Waals surface area contributed by atoms with E-state index in [1.165, 1.54) is 12.8 Å². The van der Waals surface area contributed by atoms with E-state index in [1.54, 1.807) is 24.8 Å². The molecule has 1 N–H and O–H groups in total. The number of rotatable bonds is 6. The van der Waals surface area contributed by atoms with Gasteiger partial charge in [-0.3, -0.25) is 24.5 Å². The summed E-state index contributed by atoms with van der Waals surface area (Å²) in [5.74, 6) is -1.25. The van der Waals surface area contributed by atoms with E-state index in [9.17, 15) is 14.9 Å². The van der Waals surface area contributed by atoms with E-state index in [2.05, 4.69) is 36.1 Å². The van der Waals surface area contributed by atoms with Crippen molar-refractivity contribution in [3.05, 3.63) is 36.1 Å². The summed E-state index contributed by atoms with van der Waals surface area (Å²) in [6.45, 7) is 4.70. The molecule has 0 spiro atoms. The number of nitrogens with zero attached hydrogens (tertiary/aromatic N) is 6. The lowest BCUT2D eigenvalue weighted by Gasteiger charge is -2.60. The molecule has 5 fully saturated rings. The highest BCUT2D eigenvalue weighted by molar-refractivity contribution is 6.20. The Labute approximate surface area is 246 Å². The third-order valence-corrected chi connectivity index (χ3v) is 10.6. The lowest BCUT2D eigenvalue weighted by atomic mass is 9.69. The largest absolute Gasteiger partial charge is 0.369 e. The van der Waals surface area contributed by atoms with Gasteiger partial charge in [0.2, 0.25) is 0 Å². The molecule has 224 valence electrons. The number of halogens is 1. The first-order valence-electron chi connectivity index (χ1n) is 15.7. The van der Waals surface area contributed by atoms with Crippen LogP contribution < -0.4 is 5.32 Å². The summed E-state index contributed by atoms with van der Waals surface area (Å²) in [5, 5.41) is 12.7. The molecule has 0 aromatic carbocycles. The molecule has 6 aliphatic rings. The number of morpholine rings is 1. The van der Waals surface area contributed by atoms with Gasteiger partial charge in [-0.25, -0.2) is 4.39 Å². The number of nitrogens with one attached hydrogen (secondary N) is 1. The Morgan fingerprint density at radius 1 is 1.14 bits per heavy atom. The van der Waals surface area contributed by atoms with Crippen molar-refractivity contribution in [2.24, 2.45) is 11.8 Å². The summed E-state index contributed by atoms with van der Waals surface area (Å²) in [4.78, 5) is 42.6. The fourth-order valence-corrected chi connectivity index (χ4v) is 8.54. The monoisotopic (exact) mass is 577 g/mol. The van der Waals surface area contributed by atoms with Crippen molar-refractivity contribution in [2.75, 3.05) is 39.3 Å². The number of nitriles is 1. The maximum Gasteiger partial charge on any atom is 0.256 e. The van der Waals surface area contributed by atoms with Gasteiger partial charge < -0.3 is 19.9 Å². The summed E-state index contributed by atoms with van der Waals surface area (Å²) in [5.41, 5.74) is 1.03. The van der Waals surface area contributed by atoms with Crippen LogP contribution in [-0.4, -0.2) is 112 Å². The smallest absolute Gasteiger partial charge is 0.256 e. The summed E-state index contributed by atoms with van der Waals surface area (Å²) in [6, 6.07) is 1.47. The molecule has 9 atom stereocenters. The molecular weight excluding hydrogens is 537 g/mol. The number of Topliss-reactive ketones (excluding diaryl/α,β-unsaturated/α-hetero) is 1. The molecule has 10 nitrogen and oxygen atoms in total. The Balaban J connectivity index is 1.15. The third-order valence-electron chi connectivity index (χ3n) is 10.6. The lowest BCUT2D eigenvalue weighted by Crippen LogP contribution is -2.73. The van der Waals surface area contributed by atoms with Crippen LogP contribution in [0.3, 0.4) is 0 Å². The van der Waals surface area contributed by atoms with Crippen molar-refractivity contribution in [1.82, 2.24) is 30.0 Å². The van der Waals surface area contributed by atoms with E-state index in [1.807, 2.05) is 0 Å². The highest BCUT2D eigenvalue weighted by Gasteiger charge is 2.60. The molecule has 1 amide bonds. The van der Waals surface area contributed by atoms with Gasteiger partial charge in [0.15, 0.2) is 5.78 Å². The second-order valence-electron chi connectivity index (χ2n) is 13.0. The molecule has 0 radical (unpaired) electrons. The van der Waals surface area contributed by atoms with Crippen LogP contribution >= 0.6 is 0 Å². The Bertz CT molecular complexity index is 1250.